The molecule has 0 spiro atoms. The van der Waals surface area contributed by atoms with E-state index in [1.54, 1.807) is 0 Å². The van der Waals surface area contributed by atoms with Crippen molar-refractivity contribution >= 4 is 49.4 Å². The summed E-state index contributed by atoms with van der Waals surface area (Å²) in [6, 6.07) is 80.5. The van der Waals surface area contributed by atoms with E-state index >= 15 is 0 Å². The standard InChI is InChI=1S/C57H41N5/c1-5-18-38(19-6-1)39-32-34-43(35-33-39)56-58-55(42-24-11-4-12-25-42)59-57(60-56)62-49-30-16-14-27-47(49)53-51(62)37-36-46-45-26-13-15-29-48(45)61(54(46)53)50-31-17-28-44(40-20-7-2-8-21-40)52(50)41-22-9-3-10-23-41/h1-37,56-57,60H,(H,58,59). The molecule has 2 N–H and O–H groups in total. The number of hydrogen-bond acceptors (Lipinski definition) is 3. The van der Waals surface area contributed by atoms with E-state index in [2.05, 4.69) is 244 Å². The zero-order valence-corrected chi connectivity index (χ0v) is 33.9. The van der Waals surface area contributed by atoms with Crippen LogP contribution in [0.3, 0.4) is 0 Å². The topological polar surface area (TPSA) is 46.3 Å². The first kappa shape index (κ1) is 35.9. The van der Waals surface area contributed by atoms with Crippen molar-refractivity contribution < 1.29 is 0 Å². The van der Waals surface area contributed by atoms with Crippen molar-refractivity contribution in [3.8, 4) is 39.1 Å². The van der Waals surface area contributed by atoms with Crippen molar-refractivity contribution in [2.75, 3.05) is 0 Å². The van der Waals surface area contributed by atoms with Crippen LogP contribution < -0.4 is 10.6 Å². The number of nitrogens with one attached hydrogen (secondary N) is 2. The molecule has 2 aromatic heterocycles. The Morgan fingerprint density at radius 3 is 1.69 bits per heavy atom. The Morgan fingerprint density at radius 1 is 0.403 bits per heavy atom. The summed E-state index contributed by atoms with van der Waals surface area (Å²) in [5.41, 5.74) is 15.0. The van der Waals surface area contributed by atoms with Crippen molar-refractivity contribution in [3.05, 3.63) is 236 Å². The number of rotatable bonds is 7. The molecule has 11 aromatic rings. The lowest BCUT2D eigenvalue weighted by atomic mass is 9.92. The summed E-state index contributed by atoms with van der Waals surface area (Å²) < 4.78 is 4.96. The Balaban J connectivity index is 1.10. The lowest BCUT2D eigenvalue weighted by Crippen LogP contribution is -2.47. The van der Waals surface area contributed by atoms with Gasteiger partial charge in [-0.3, -0.25) is 5.32 Å². The van der Waals surface area contributed by atoms with E-state index in [9.17, 15) is 0 Å². The molecule has 62 heavy (non-hydrogen) atoms. The molecule has 5 nitrogen and oxygen atoms in total. The highest BCUT2D eigenvalue weighted by Crippen LogP contribution is 2.45. The van der Waals surface area contributed by atoms with Gasteiger partial charge in [-0.15, -0.1) is 0 Å². The molecule has 2 atom stereocenters. The Bertz CT molecular complexity index is 3440. The molecular weight excluding hydrogens is 755 g/mol. The average Bonchev–Trinajstić information content (AvgIpc) is 3.88. The van der Waals surface area contributed by atoms with E-state index < -0.39 is 0 Å². The average molecular weight is 796 g/mol. The van der Waals surface area contributed by atoms with Gasteiger partial charge in [0.1, 0.15) is 12.0 Å². The number of nitrogens with zero attached hydrogens (tertiary/aromatic N) is 3. The SMILES string of the molecule is c1ccc(C2=NC(c3ccc(-c4ccccc4)cc3)NC(n3c4ccccc4c4c5c(ccc43)c3ccccc3n5-c3cccc(-c4ccccc4)c3-c3ccccc3)N2)cc1. The van der Waals surface area contributed by atoms with Crippen LogP contribution in [0.2, 0.25) is 0 Å². The third kappa shape index (κ3) is 5.93. The lowest BCUT2D eigenvalue weighted by Gasteiger charge is -2.33. The molecule has 12 rings (SSSR count). The maximum absolute atomic E-state index is 5.33. The second kappa shape index (κ2) is 14.9. The summed E-state index contributed by atoms with van der Waals surface area (Å²) in [5.74, 6) is 0.845. The van der Waals surface area contributed by atoms with Gasteiger partial charge in [-0.05, 0) is 57.6 Å². The smallest absolute Gasteiger partial charge is 0.162 e. The summed E-state index contributed by atoms with van der Waals surface area (Å²) in [5, 5.41) is 12.6. The van der Waals surface area contributed by atoms with Crippen LogP contribution >= 0.6 is 0 Å². The number of fused-ring (bicyclic) bond motifs is 7. The largest absolute Gasteiger partial charge is 0.337 e. The summed E-state index contributed by atoms with van der Waals surface area (Å²) >= 11 is 0. The number of benzene rings is 9. The first-order valence-corrected chi connectivity index (χ1v) is 21.3. The van der Waals surface area contributed by atoms with Gasteiger partial charge in [0.25, 0.3) is 0 Å². The van der Waals surface area contributed by atoms with Gasteiger partial charge in [0, 0.05) is 32.7 Å². The van der Waals surface area contributed by atoms with E-state index in [0.29, 0.717) is 0 Å². The third-order valence-corrected chi connectivity index (χ3v) is 12.4. The van der Waals surface area contributed by atoms with Crippen molar-refractivity contribution in [3.63, 3.8) is 0 Å². The second-order valence-corrected chi connectivity index (χ2v) is 16.0. The molecule has 0 aliphatic carbocycles. The highest BCUT2D eigenvalue weighted by Gasteiger charge is 2.30. The van der Waals surface area contributed by atoms with Crippen molar-refractivity contribution in [1.82, 2.24) is 19.8 Å². The molecule has 2 unspecified atom stereocenters. The van der Waals surface area contributed by atoms with Crippen LogP contribution in [0.4, 0.5) is 0 Å². The molecule has 0 saturated heterocycles. The van der Waals surface area contributed by atoms with Crippen molar-refractivity contribution in [2.24, 2.45) is 4.99 Å². The predicted molar refractivity (Wildman–Crippen MR) is 258 cm³/mol. The molecule has 1 aliphatic heterocycles. The number of hydrogen-bond donors (Lipinski definition) is 2. The van der Waals surface area contributed by atoms with Gasteiger partial charge < -0.3 is 14.5 Å². The van der Waals surface area contributed by atoms with Gasteiger partial charge in [0.05, 0.1) is 27.8 Å². The van der Waals surface area contributed by atoms with Crippen LogP contribution in [0.5, 0.6) is 0 Å². The Hall–Kier alpha value is -7.99. The van der Waals surface area contributed by atoms with Crippen LogP contribution in [-0.4, -0.2) is 15.0 Å². The van der Waals surface area contributed by atoms with Gasteiger partial charge in [-0.1, -0.05) is 200 Å². The van der Waals surface area contributed by atoms with Crippen molar-refractivity contribution in [1.29, 1.82) is 0 Å². The van der Waals surface area contributed by atoms with Crippen LogP contribution in [0, 0.1) is 0 Å². The third-order valence-electron chi connectivity index (χ3n) is 12.4. The van der Waals surface area contributed by atoms with E-state index in [-0.39, 0.29) is 12.5 Å². The zero-order chi connectivity index (χ0) is 41.0. The fraction of sp³-hybridized carbons (Fsp3) is 0.0351. The minimum absolute atomic E-state index is 0.304. The Labute approximate surface area is 359 Å². The van der Waals surface area contributed by atoms with Gasteiger partial charge in [-0.25, -0.2) is 4.99 Å². The van der Waals surface area contributed by atoms with Crippen molar-refractivity contribution in [2.45, 2.75) is 12.5 Å². The Kier molecular flexibility index (Phi) is 8.65. The highest BCUT2D eigenvalue weighted by atomic mass is 15.4. The monoisotopic (exact) mass is 795 g/mol. The summed E-state index contributed by atoms with van der Waals surface area (Å²) in [6.45, 7) is 0. The molecule has 9 aromatic carbocycles. The van der Waals surface area contributed by atoms with Gasteiger partial charge >= 0.3 is 0 Å². The number of aliphatic imine (C=N–C) groups is 1. The van der Waals surface area contributed by atoms with E-state index in [4.69, 9.17) is 4.99 Å². The maximum atomic E-state index is 5.33. The quantitative estimate of drug-likeness (QED) is 0.169. The number of aromatic nitrogens is 2. The first-order chi connectivity index (χ1) is 30.8. The predicted octanol–water partition coefficient (Wildman–Crippen LogP) is 13.7. The van der Waals surface area contributed by atoms with Crippen LogP contribution in [0.15, 0.2) is 229 Å². The highest BCUT2D eigenvalue weighted by molar-refractivity contribution is 6.26. The fourth-order valence-corrected chi connectivity index (χ4v) is 9.64. The van der Waals surface area contributed by atoms with Crippen LogP contribution in [0.25, 0.3) is 82.7 Å². The van der Waals surface area contributed by atoms with Gasteiger partial charge in [0.2, 0.25) is 0 Å². The molecular formula is C57H41N5. The Morgan fingerprint density at radius 2 is 0.984 bits per heavy atom. The molecule has 3 heterocycles. The number of para-hydroxylation sites is 2. The summed E-state index contributed by atoms with van der Waals surface area (Å²) in [6.07, 6.45) is -0.637. The minimum atomic E-state index is -0.333. The molecule has 0 bridgehead atoms. The molecule has 5 heteroatoms. The molecule has 294 valence electrons. The summed E-state index contributed by atoms with van der Waals surface area (Å²) in [7, 11) is 0. The van der Waals surface area contributed by atoms with Crippen LogP contribution in [-0.2, 0) is 0 Å². The first-order valence-electron chi connectivity index (χ1n) is 21.3. The molecule has 0 radical (unpaired) electrons. The summed E-state index contributed by atoms with van der Waals surface area (Å²) in [4.78, 5) is 5.33. The zero-order valence-electron chi connectivity index (χ0n) is 33.9. The fourth-order valence-electron chi connectivity index (χ4n) is 9.64. The lowest BCUT2D eigenvalue weighted by molar-refractivity contribution is 0.329. The van der Waals surface area contributed by atoms with E-state index in [1.807, 2.05) is 0 Å². The molecule has 1 aliphatic rings. The van der Waals surface area contributed by atoms with Gasteiger partial charge in [-0.2, -0.15) is 0 Å². The maximum Gasteiger partial charge on any atom is 0.162 e. The van der Waals surface area contributed by atoms with E-state index in [0.717, 1.165) is 33.7 Å². The van der Waals surface area contributed by atoms with E-state index in [1.165, 1.54) is 66.0 Å². The molecule has 0 fully saturated rings. The number of amidine groups is 1. The normalized spacial score (nSPS) is 15.3. The second-order valence-electron chi connectivity index (χ2n) is 16.0. The molecule has 0 amide bonds. The van der Waals surface area contributed by atoms with Gasteiger partial charge in [0.15, 0.2) is 6.29 Å². The minimum Gasteiger partial charge on any atom is -0.337 e. The molecule has 0 saturated carbocycles. The van der Waals surface area contributed by atoms with Crippen LogP contribution in [0.1, 0.15) is 23.6 Å².